The third-order valence-corrected chi connectivity index (χ3v) is 7.23. The molecule has 2 aliphatic rings. The van der Waals surface area contributed by atoms with Gasteiger partial charge in [0.15, 0.2) is 0 Å². The van der Waals surface area contributed by atoms with Crippen LogP contribution in [-0.2, 0) is 13.0 Å². The number of carbonyl (C=O) groups is 1. The highest BCUT2D eigenvalue weighted by atomic mass is 32.1. The van der Waals surface area contributed by atoms with E-state index in [4.69, 9.17) is 4.98 Å². The van der Waals surface area contributed by atoms with Crippen molar-refractivity contribution in [1.29, 1.82) is 0 Å². The summed E-state index contributed by atoms with van der Waals surface area (Å²) in [5, 5.41) is 3.86. The van der Waals surface area contributed by atoms with Crippen molar-refractivity contribution in [3.63, 3.8) is 0 Å². The Morgan fingerprint density at radius 3 is 2.81 bits per heavy atom. The van der Waals surface area contributed by atoms with Crippen molar-refractivity contribution in [2.24, 2.45) is 5.92 Å². The molecule has 1 fully saturated rings. The summed E-state index contributed by atoms with van der Waals surface area (Å²) in [5.41, 5.74) is 0.828. The van der Waals surface area contributed by atoms with Crippen LogP contribution < -0.4 is 10.9 Å². The van der Waals surface area contributed by atoms with Gasteiger partial charge in [0.05, 0.1) is 10.3 Å². The topological polar surface area (TPSA) is 64.0 Å². The molecule has 1 N–H and O–H groups in total. The average Bonchev–Trinajstić information content (AvgIpc) is 2.80. The molecule has 1 saturated carbocycles. The number of hydrogen-bond donors (Lipinski definition) is 1. The van der Waals surface area contributed by atoms with Crippen molar-refractivity contribution in [2.45, 2.75) is 77.8 Å². The number of aryl methyl sites for hydroxylation is 2. The number of rotatable bonds is 2. The van der Waals surface area contributed by atoms with E-state index >= 15 is 0 Å². The van der Waals surface area contributed by atoms with Gasteiger partial charge in [0.25, 0.3) is 11.5 Å². The first-order chi connectivity index (χ1) is 12.6. The van der Waals surface area contributed by atoms with Crippen LogP contribution in [-0.4, -0.2) is 21.5 Å². The molecule has 1 amide bonds. The van der Waals surface area contributed by atoms with Crippen LogP contribution in [0.2, 0.25) is 0 Å². The zero-order valence-corrected chi connectivity index (χ0v) is 16.5. The number of amides is 1. The third kappa shape index (κ3) is 3.08. The Hall–Kier alpha value is -1.69. The summed E-state index contributed by atoms with van der Waals surface area (Å²) in [6.07, 6.45) is 8.74. The second kappa shape index (κ2) is 7.14. The fraction of sp³-hybridized carbons (Fsp3) is 0.650. The Kier molecular flexibility index (Phi) is 4.86. The molecule has 0 unspecified atom stereocenters. The Labute approximate surface area is 157 Å². The van der Waals surface area contributed by atoms with E-state index in [0.29, 0.717) is 16.2 Å². The molecular formula is C20H27N3O2S. The van der Waals surface area contributed by atoms with Gasteiger partial charge in [-0.3, -0.25) is 14.2 Å². The van der Waals surface area contributed by atoms with E-state index in [9.17, 15) is 9.59 Å². The van der Waals surface area contributed by atoms with Gasteiger partial charge in [-0.25, -0.2) is 4.98 Å². The van der Waals surface area contributed by atoms with Gasteiger partial charge in [-0.05, 0) is 44.1 Å². The lowest BCUT2D eigenvalue weighted by molar-refractivity contribution is 0.0914. The van der Waals surface area contributed by atoms with Crippen molar-refractivity contribution in [3.8, 4) is 0 Å². The summed E-state index contributed by atoms with van der Waals surface area (Å²) in [6, 6.07) is 0.242. The van der Waals surface area contributed by atoms with Gasteiger partial charge in [-0.1, -0.05) is 26.2 Å². The van der Waals surface area contributed by atoms with E-state index in [1.54, 1.807) is 0 Å². The molecule has 26 heavy (non-hydrogen) atoms. The van der Waals surface area contributed by atoms with Crippen molar-refractivity contribution < 1.29 is 4.79 Å². The van der Waals surface area contributed by atoms with Gasteiger partial charge in [0, 0.05) is 19.0 Å². The number of carbonyl (C=O) groups excluding carboxylic acids is 1. The number of fused-ring (bicyclic) bond motifs is 2. The van der Waals surface area contributed by atoms with Crippen molar-refractivity contribution in [3.05, 3.63) is 26.6 Å². The fourth-order valence-electron chi connectivity index (χ4n) is 4.39. The van der Waals surface area contributed by atoms with Crippen LogP contribution in [0.1, 0.15) is 72.9 Å². The second-order valence-electron chi connectivity index (χ2n) is 7.87. The lowest BCUT2D eigenvalue weighted by atomic mass is 9.86. The van der Waals surface area contributed by atoms with Gasteiger partial charge in [-0.2, -0.15) is 0 Å². The molecule has 0 spiro atoms. The van der Waals surface area contributed by atoms with Gasteiger partial charge in [-0.15, -0.1) is 11.3 Å². The Morgan fingerprint density at radius 2 is 2.00 bits per heavy atom. The lowest BCUT2D eigenvalue weighted by Crippen LogP contribution is -2.41. The molecule has 2 aromatic heterocycles. The molecule has 1 aliphatic heterocycles. The standard InChI is InChI=1S/C20H27N3O2S/c1-12-8-5-6-9-14(12)21-18(24)17-13(2)16-19(26-17)22-15-10-4-3-7-11-23(15)20(16)25/h12,14H,3-11H2,1-2H3,(H,21,24)/t12-,14+/m1/s1. The average molecular weight is 374 g/mol. The number of thiophene rings is 1. The Balaban J connectivity index is 1.70. The molecule has 2 atom stereocenters. The van der Waals surface area contributed by atoms with Gasteiger partial charge in [0.2, 0.25) is 0 Å². The summed E-state index contributed by atoms with van der Waals surface area (Å²) in [4.78, 5) is 32.1. The summed E-state index contributed by atoms with van der Waals surface area (Å²) < 4.78 is 1.83. The van der Waals surface area contributed by atoms with Gasteiger partial charge >= 0.3 is 0 Å². The summed E-state index contributed by atoms with van der Waals surface area (Å²) in [6.45, 7) is 4.85. The first-order valence-corrected chi connectivity index (χ1v) is 10.7. The minimum absolute atomic E-state index is 0.0331. The molecule has 0 saturated heterocycles. The summed E-state index contributed by atoms with van der Waals surface area (Å²) >= 11 is 1.38. The molecule has 1 aliphatic carbocycles. The predicted octanol–water partition coefficient (Wildman–Crippen LogP) is 3.80. The molecular weight excluding hydrogens is 346 g/mol. The number of nitrogens with one attached hydrogen (secondary N) is 1. The van der Waals surface area contributed by atoms with E-state index in [-0.39, 0.29) is 17.5 Å². The van der Waals surface area contributed by atoms with Crippen LogP contribution >= 0.6 is 11.3 Å². The fourth-order valence-corrected chi connectivity index (χ4v) is 5.48. The maximum Gasteiger partial charge on any atom is 0.262 e. The highest BCUT2D eigenvalue weighted by molar-refractivity contribution is 7.20. The normalized spacial score (nSPS) is 23.5. The van der Waals surface area contributed by atoms with Gasteiger partial charge in [0.1, 0.15) is 10.7 Å². The molecule has 6 heteroatoms. The molecule has 140 valence electrons. The van der Waals surface area contributed by atoms with E-state index in [0.717, 1.165) is 54.9 Å². The van der Waals surface area contributed by atoms with Crippen molar-refractivity contribution >= 4 is 27.5 Å². The smallest absolute Gasteiger partial charge is 0.262 e. The molecule has 2 aromatic rings. The first-order valence-electron chi connectivity index (χ1n) is 9.90. The van der Waals surface area contributed by atoms with Crippen LogP contribution in [0.5, 0.6) is 0 Å². The first kappa shape index (κ1) is 17.7. The third-order valence-electron chi connectivity index (χ3n) is 6.05. The van der Waals surface area contributed by atoms with Crippen LogP contribution in [0, 0.1) is 12.8 Å². The van der Waals surface area contributed by atoms with Crippen LogP contribution in [0.25, 0.3) is 10.2 Å². The quantitative estimate of drug-likeness (QED) is 0.871. The zero-order chi connectivity index (χ0) is 18.3. The largest absolute Gasteiger partial charge is 0.348 e. The number of nitrogens with zero attached hydrogens (tertiary/aromatic N) is 2. The highest BCUT2D eigenvalue weighted by Crippen LogP contribution is 2.30. The molecule has 0 bridgehead atoms. The predicted molar refractivity (Wildman–Crippen MR) is 105 cm³/mol. The number of hydrogen-bond acceptors (Lipinski definition) is 4. The summed E-state index contributed by atoms with van der Waals surface area (Å²) in [5.74, 6) is 1.36. The molecule has 0 radical (unpaired) electrons. The van der Waals surface area contributed by atoms with Gasteiger partial charge < -0.3 is 5.32 Å². The van der Waals surface area contributed by atoms with Crippen LogP contribution in [0.15, 0.2) is 4.79 Å². The van der Waals surface area contributed by atoms with E-state index in [1.165, 1.54) is 30.6 Å². The maximum absolute atomic E-state index is 13.0. The molecule has 5 nitrogen and oxygen atoms in total. The second-order valence-corrected chi connectivity index (χ2v) is 8.87. The molecule has 3 heterocycles. The SMILES string of the molecule is Cc1c(C(=O)N[C@H]2CCCC[C@H]2C)sc2nc3n(c(=O)c12)CCCCC3. The maximum atomic E-state index is 13.0. The van der Waals surface area contributed by atoms with E-state index < -0.39 is 0 Å². The van der Waals surface area contributed by atoms with Crippen molar-refractivity contribution in [2.75, 3.05) is 0 Å². The molecule has 4 rings (SSSR count). The highest BCUT2D eigenvalue weighted by Gasteiger charge is 2.26. The molecule has 0 aromatic carbocycles. The summed E-state index contributed by atoms with van der Waals surface area (Å²) in [7, 11) is 0. The zero-order valence-electron chi connectivity index (χ0n) is 15.6. The monoisotopic (exact) mass is 373 g/mol. The van der Waals surface area contributed by atoms with Crippen molar-refractivity contribution in [1.82, 2.24) is 14.9 Å². The Morgan fingerprint density at radius 1 is 1.19 bits per heavy atom. The van der Waals surface area contributed by atoms with Crippen LogP contribution in [0.4, 0.5) is 0 Å². The number of aromatic nitrogens is 2. The lowest BCUT2D eigenvalue weighted by Gasteiger charge is -2.29. The van der Waals surface area contributed by atoms with E-state index in [2.05, 4.69) is 12.2 Å². The minimum Gasteiger partial charge on any atom is -0.348 e. The Bertz CT molecular complexity index is 899. The van der Waals surface area contributed by atoms with E-state index in [1.807, 2.05) is 11.5 Å². The minimum atomic E-state index is -0.0381. The van der Waals surface area contributed by atoms with Crippen LogP contribution in [0.3, 0.4) is 0 Å².